The van der Waals surface area contributed by atoms with E-state index < -0.39 is 16.8 Å². The molecular weight excluding hydrogens is 270 g/mol. The van der Waals surface area contributed by atoms with Gasteiger partial charge in [-0.05, 0) is 24.5 Å². The molecule has 0 spiro atoms. The zero-order valence-electron chi connectivity index (χ0n) is 11.5. The highest BCUT2D eigenvalue weighted by molar-refractivity contribution is 5.76. The molecule has 0 fully saturated rings. The number of aryl methyl sites for hydroxylation is 1. The van der Waals surface area contributed by atoms with Gasteiger partial charge in [-0.3, -0.25) is 14.9 Å². The van der Waals surface area contributed by atoms with Gasteiger partial charge in [-0.25, -0.2) is 0 Å². The second-order valence-corrected chi connectivity index (χ2v) is 4.93. The number of nitrogens with zero attached hydrogens (tertiary/aromatic N) is 1. The molecule has 5 nitrogen and oxygen atoms in total. The Labute approximate surface area is 122 Å². The molecule has 1 unspecified atom stereocenters. The Bertz CT molecular complexity index is 647. The van der Waals surface area contributed by atoms with Crippen LogP contribution in [0.2, 0.25) is 0 Å². The smallest absolute Gasteiger partial charge is 0.311 e. The number of non-ortho nitro benzene ring substituents is 1. The van der Waals surface area contributed by atoms with Crippen LogP contribution in [-0.2, 0) is 11.2 Å². The van der Waals surface area contributed by atoms with Gasteiger partial charge in [0.25, 0.3) is 5.69 Å². The lowest BCUT2D eigenvalue weighted by Gasteiger charge is -2.13. The first kappa shape index (κ1) is 14.7. The highest BCUT2D eigenvalue weighted by Crippen LogP contribution is 2.24. The number of aliphatic carboxylic acids is 1. The fraction of sp³-hybridized carbons (Fsp3) is 0.188. The molecule has 2 rings (SSSR count). The van der Waals surface area contributed by atoms with Gasteiger partial charge in [0.1, 0.15) is 0 Å². The summed E-state index contributed by atoms with van der Waals surface area (Å²) >= 11 is 0. The summed E-state index contributed by atoms with van der Waals surface area (Å²) in [6.07, 6.45) is 0.355. The van der Waals surface area contributed by atoms with E-state index in [9.17, 15) is 20.0 Å². The molecular formula is C16H15NO4. The third-order valence-corrected chi connectivity index (χ3v) is 3.36. The van der Waals surface area contributed by atoms with Crippen LogP contribution in [0.25, 0.3) is 0 Å². The Hall–Kier alpha value is -2.69. The topological polar surface area (TPSA) is 80.4 Å². The Kier molecular flexibility index (Phi) is 4.33. The average molecular weight is 285 g/mol. The number of nitro benzene ring substituents is 1. The molecule has 0 aromatic heterocycles. The summed E-state index contributed by atoms with van der Waals surface area (Å²) in [5.41, 5.74) is 2.55. The van der Waals surface area contributed by atoms with Crippen molar-refractivity contribution >= 4 is 11.7 Å². The van der Waals surface area contributed by atoms with Crippen LogP contribution in [0.3, 0.4) is 0 Å². The van der Waals surface area contributed by atoms with Crippen LogP contribution in [0.4, 0.5) is 5.69 Å². The number of carboxylic acids is 1. The van der Waals surface area contributed by atoms with Crippen molar-refractivity contribution in [2.24, 2.45) is 0 Å². The molecule has 0 bridgehead atoms. The van der Waals surface area contributed by atoms with Crippen LogP contribution < -0.4 is 0 Å². The number of hydrogen-bond acceptors (Lipinski definition) is 3. The van der Waals surface area contributed by atoms with E-state index in [0.29, 0.717) is 12.0 Å². The first-order chi connectivity index (χ1) is 9.97. The van der Waals surface area contributed by atoms with Crippen molar-refractivity contribution in [1.29, 1.82) is 0 Å². The molecule has 1 N–H and O–H groups in total. The minimum Gasteiger partial charge on any atom is -0.481 e. The normalized spacial score (nSPS) is 11.9. The predicted octanol–water partition coefficient (Wildman–Crippen LogP) is 3.31. The molecule has 0 amide bonds. The van der Waals surface area contributed by atoms with Crippen LogP contribution in [0.1, 0.15) is 22.6 Å². The third-order valence-electron chi connectivity index (χ3n) is 3.36. The highest BCUT2D eigenvalue weighted by atomic mass is 16.6. The first-order valence-corrected chi connectivity index (χ1v) is 6.50. The van der Waals surface area contributed by atoms with Gasteiger partial charge in [-0.2, -0.15) is 0 Å². The second-order valence-electron chi connectivity index (χ2n) is 4.93. The summed E-state index contributed by atoms with van der Waals surface area (Å²) in [4.78, 5) is 21.6. The lowest BCUT2D eigenvalue weighted by molar-refractivity contribution is -0.384. The molecule has 1 atom stereocenters. The number of rotatable bonds is 5. The molecule has 0 aliphatic rings. The van der Waals surface area contributed by atoms with Crippen molar-refractivity contribution < 1.29 is 14.8 Å². The van der Waals surface area contributed by atoms with Crippen LogP contribution in [-0.4, -0.2) is 16.0 Å². The number of hydrogen-bond donors (Lipinski definition) is 1. The molecule has 0 aliphatic heterocycles. The van der Waals surface area contributed by atoms with Gasteiger partial charge in [0, 0.05) is 12.1 Å². The molecule has 0 saturated carbocycles. The van der Waals surface area contributed by atoms with Crippen molar-refractivity contribution in [2.75, 3.05) is 0 Å². The van der Waals surface area contributed by atoms with E-state index in [0.717, 1.165) is 11.1 Å². The summed E-state index contributed by atoms with van der Waals surface area (Å²) in [5.74, 6) is -1.65. The lowest BCUT2D eigenvalue weighted by Crippen LogP contribution is -2.14. The van der Waals surface area contributed by atoms with Crippen molar-refractivity contribution in [3.8, 4) is 0 Å². The van der Waals surface area contributed by atoms with Crippen LogP contribution in [0.5, 0.6) is 0 Å². The summed E-state index contributed by atoms with van der Waals surface area (Å²) in [5, 5.41) is 20.0. The van der Waals surface area contributed by atoms with Gasteiger partial charge in [0.2, 0.25) is 0 Å². The van der Waals surface area contributed by atoms with Crippen LogP contribution in [0, 0.1) is 17.0 Å². The number of nitro groups is 1. The Morgan fingerprint density at radius 2 is 1.71 bits per heavy atom. The van der Waals surface area contributed by atoms with E-state index in [1.54, 1.807) is 0 Å². The van der Waals surface area contributed by atoms with Gasteiger partial charge >= 0.3 is 5.97 Å². The Morgan fingerprint density at radius 3 is 2.19 bits per heavy atom. The molecule has 0 heterocycles. The quantitative estimate of drug-likeness (QED) is 0.675. The molecule has 2 aromatic rings. The number of carbonyl (C=O) groups is 1. The van der Waals surface area contributed by atoms with Gasteiger partial charge in [0.15, 0.2) is 0 Å². The maximum Gasteiger partial charge on any atom is 0.311 e. The van der Waals surface area contributed by atoms with E-state index in [4.69, 9.17) is 0 Å². The minimum atomic E-state index is -0.940. The molecule has 0 aliphatic carbocycles. The van der Waals surface area contributed by atoms with Crippen molar-refractivity contribution in [3.05, 3.63) is 75.3 Å². The summed E-state index contributed by atoms with van der Waals surface area (Å²) < 4.78 is 0. The Morgan fingerprint density at radius 1 is 1.14 bits per heavy atom. The zero-order valence-corrected chi connectivity index (χ0v) is 11.5. The first-order valence-electron chi connectivity index (χ1n) is 6.50. The molecule has 21 heavy (non-hydrogen) atoms. The summed E-state index contributed by atoms with van der Waals surface area (Å²) in [6, 6.07) is 13.3. The zero-order chi connectivity index (χ0) is 15.4. The van der Waals surface area contributed by atoms with E-state index in [2.05, 4.69) is 0 Å². The van der Waals surface area contributed by atoms with E-state index in [1.807, 2.05) is 31.2 Å². The number of carboxylic acid groups (broad SMARTS) is 1. The van der Waals surface area contributed by atoms with Crippen LogP contribution >= 0.6 is 0 Å². The van der Waals surface area contributed by atoms with E-state index >= 15 is 0 Å². The highest BCUT2D eigenvalue weighted by Gasteiger charge is 2.21. The fourth-order valence-corrected chi connectivity index (χ4v) is 2.14. The van der Waals surface area contributed by atoms with Crippen molar-refractivity contribution in [2.45, 2.75) is 19.3 Å². The molecule has 108 valence electrons. The SMILES string of the molecule is Cc1ccc(CC(C(=O)O)c2ccc([N+](=O)[O-])cc2)cc1. The van der Waals surface area contributed by atoms with E-state index in [1.165, 1.54) is 24.3 Å². The van der Waals surface area contributed by atoms with Gasteiger partial charge in [0.05, 0.1) is 10.8 Å². The van der Waals surface area contributed by atoms with Crippen LogP contribution in [0.15, 0.2) is 48.5 Å². The minimum absolute atomic E-state index is 0.0433. The molecule has 2 aromatic carbocycles. The monoisotopic (exact) mass is 285 g/mol. The molecule has 0 saturated heterocycles. The van der Waals surface area contributed by atoms with Gasteiger partial charge in [-0.15, -0.1) is 0 Å². The standard InChI is InChI=1S/C16H15NO4/c1-11-2-4-12(5-3-11)10-15(16(18)19)13-6-8-14(9-7-13)17(20)21/h2-9,15H,10H2,1H3,(H,18,19). The third kappa shape index (κ3) is 3.66. The maximum absolute atomic E-state index is 11.5. The average Bonchev–Trinajstić information content (AvgIpc) is 2.46. The number of benzene rings is 2. The predicted molar refractivity (Wildman–Crippen MR) is 78.4 cm³/mol. The lowest BCUT2D eigenvalue weighted by atomic mass is 9.91. The van der Waals surface area contributed by atoms with E-state index in [-0.39, 0.29) is 5.69 Å². The summed E-state index contributed by atoms with van der Waals surface area (Å²) in [6.45, 7) is 1.97. The molecule has 0 radical (unpaired) electrons. The van der Waals surface area contributed by atoms with Crippen molar-refractivity contribution in [1.82, 2.24) is 0 Å². The van der Waals surface area contributed by atoms with Crippen molar-refractivity contribution in [3.63, 3.8) is 0 Å². The second kappa shape index (κ2) is 6.17. The summed E-state index contributed by atoms with van der Waals surface area (Å²) in [7, 11) is 0. The molecule has 5 heteroatoms. The Balaban J connectivity index is 2.24. The maximum atomic E-state index is 11.5. The van der Waals surface area contributed by atoms with Gasteiger partial charge in [-0.1, -0.05) is 42.0 Å². The fourth-order valence-electron chi connectivity index (χ4n) is 2.14. The van der Waals surface area contributed by atoms with Gasteiger partial charge < -0.3 is 5.11 Å². The largest absolute Gasteiger partial charge is 0.481 e.